The SMILES string of the molecule is Cc1cc(-n2c(C)cc(/C=C(\C#N)c3nc4ccccc4n3C)c2C)no1. The molecular formula is C21H19N5O. The lowest BCUT2D eigenvalue weighted by Gasteiger charge is -2.04. The smallest absolute Gasteiger partial charge is 0.180 e. The fourth-order valence-electron chi connectivity index (χ4n) is 3.43. The number of nitriles is 1. The van der Waals surface area contributed by atoms with Gasteiger partial charge in [-0.3, -0.25) is 4.57 Å². The Morgan fingerprint density at radius 1 is 1.19 bits per heavy atom. The lowest BCUT2D eigenvalue weighted by atomic mass is 10.1. The maximum atomic E-state index is 9.77. The maximum absolute atomic E-state index is 9.77. The van der Waals surface area contributed by atoms with Crippen molar-refractivity contribution in [3.05, 3.63) is 64.9 Å². The van der Waals surface area contributed by atoms with Crippen LogP contribution in [0.4, 0.5) is 0 Å². The molecule has 6 heteroatoms. The van der Waals surface area contributed by atoms with Crippen molar-refractivity contribution in [1.29, 1.82) is 5.26 Å². The molecule has 0 N–H and O–H groups in total. The molecule has 1 aromatic carbocycles. The topological polar surface area (TPSA) is 72.6 Å². The number of nitrogens with zero attached hydrogens (tertiary/aromatic N) is 5. The van der Waals surface area contributed by atoms with E-state index in [0.29, 0.717) is 11.4 Å². The zero-order valence-corrected chi connectivity index (χ0v) is 15.7. The van der Waals surface area contributed by atoms with E-state index >= 15 is 0 Å². The monoisotopic (exact) mass is 357 g/mol. The van der Waals surface area contributed by atoms with Crippen LogP contribution in [0.3, 0.4) is 0 Å². The largest absolute Gasteiger partial charge is 0.360 e. The Kier molecular flexibility index (Phi) is 3.93. The van der Waals surface area contributed by atoms with Gasteiger partial charge in [-0.1, -0.05) is 17.3 Å². The number of aryl methyl sites for hydroxylation is 3. The minimum atomic E-state index is 0.519. The highest BCUT2D eigenvalue weighted by molar-refractivity contribution is 5.91. The van der Waals surface area contributed by atoms with Gasteiger partial charge < -0.3 is 9.09 Å². The second-order valence-corrected chi connectivity index (χ2v) is 6.61. The summed E-state index contributed by atoms with van der Waals surface area (Å²) in [5.41, 5.74) is 5.36. The van der Waals surface area contributed by atoms with Crippen LogP contribution in [0.25, 0.3) is 28.5 Å². The summed E-state index contributed by atoms with van der Waals surface area (Å²) in [4.78, 5) is 4.64. The number of aromatic nitrogens is 4. The van der Waals surface area contributed by atoms with E-state index in [1.54, 1.807) is 0 Å². The number of fused-ring (bicyclic) bond motifs is 1. The first-order valence-electron chi connectivity index (χ1n) is 8.66. The van der Waals surface area contributed by atoms with Crippen LogP contribution in [0.15, 0.2) is 40.9 Å². The molecule has 3 aromatic heterocycles. The van der Waals surface area contributed by atoms with Crippen LogP contribution in [0.5, 0.6) is 0 Å². The van der Waals surface area contributed by atoms with E-state index in [2.05, 4.69) is 16.2 Å². The molecule has 6 nitrogen and oxygen atoms in total. The lowest BCUT2D eigenvalue weighted by Crippen LogP contribution is -1.99. The number of hydrogen-bond acceptors (Lipinski definition) is 4. The third-order valence-electron chi connectivity index (χ3n) is 4.76. The molecule has 0 aliphatic carbocycles. The van der Waals surface area contributed by atoms with E-state index < -0.39 is 0 Å². The first-order valence-corrected chi connectivity index (χ1v) is 8.66. The first kappa shape index (κ1) is 16.9. The quantitative estimate of drug-likeness (QED) is 0.511. The Hall–Kier alpha value is -3.59. The van der Waals surface area contributed by atoms with Gasteiger partial charge in [-0.2, -0.15) is 5.26 Å². The second-order valence-electron chi connectivity index (χ2n) is 6.61. The Bertz CT molecular complexity index is 1230. The Balaban J connectivity index is 1.84. The zero-order chi connectivity index (χ0) is 19.1. The highest BCUT2D eigenvalue weighted by atomic mass is 16.5. The molecule has 0 spiro atoms. The fourth-order valence-corrected chi connectivity index (χ4v) is 3.43. The highest BCUT2D eigenvalue weighted by Crippen LogP contribution is 2.26. The van der Waals surface area contributed by atoms with E-state index in [-0.39, 0.29) is 0 Å². The molecule has 0 bridgehead atoms. The van der Waals surface area contributed by atoms with Crippen molar-refractivity contribution < 1.29 is 4.52 Å². The predicted octanol–water partition coefficient (Wildman–Crippen LogP) is 4.34. The molecule has 134 valence electrons. The maximum Gasteiger partial charge on any atom is 0.180 e. The molecule has 0 unspecified atom stereocenters. The highest BCUT2D eigenvalue weighted by Gasteiger charge is 2.16. The molecule has 0 aliphatic rings. The number of hydrogen-bond donors (Lipinski definition) is 0. The van der Waals surface area contributed by atoms with Crippen LogP contribution in [-0.2, 0) is 7.05 Å². The van der Waals surface area contributed by atoms with Crippen LogP contribution >= 0.6 is 0 Å². The Morgan fingerprint density at radius 3 is 2.63 bits per heavy atom. The van der Waals surface area contributed by atoms with Crippen molar-refractivity contribution in [2.75, 3.05) is 0 Å². The average molecular weight is 357 g/mol. The van der Waals surface area contributed by atoms with Gasteiger partial charge in [-0.05, 0) is 50.6 Å². The third kappa shape index (κ3) is 2.74. The molecule has 0 atom stereocenters. The summed E-state index contributed by atoms with van der Waals surface area (Å²) >= 11 is 0. The minimum absolute atomic E-state index is 0.519. The fraction of sp³-hybridized carbons (Fsp3) is 0.190. The van der Waals surface area contributed by atoms with Crippen molar-refractivity contribution >= 4 is 22.7 Å². The van der Waals surface area contributed by atoms with Crippen LogP contribution < -0.4 is 0 Å². The summed E-state index contributed by atoms with van der Waals surface area (Å²) in [6.45, 7) is 5.88. The standard InChI is InChI=1S/C21H19N5O/c1-13-9-16(15(3)26(13)20-10-14(2)27-24-20)11-17(12-22)21-23-18-7-5-6-8-19(18)25(21)4/h5-11H,1-4H3/b17-11+. The summed E-state index contributed by atoms with van der Waals surface area (Å²) in [7, 11) is 1.93. The summed E-state index contributed by atoms with van der Waals surface area (Å²) in [6, 6.07) is 14.1. The molecule has 27 heavy (non-hydrogen) atoms. The normalized spacial score (nSPS) is 11.9. The summed E-state index contributed by atoms with van der Waals surface area (Å²) in [5.74, 6) is 2.15. The minimum Gasteiger partial charge on any atom is -0.360 e. The number of allylic oxidation sites excluding steroid dienone is 1. The van der Waals surface area contributed by atoms with Gasteiger partial charge in [0.2, 0.25) is 0 Å². The van der Waals surface area contributed by atoms with E-state index in [1.807, 2.05) is 79.4 Å². The molecule has 4 aromatic rings. The molecular weight excluding hydrogens is 338 g/mol. The van der Waals surface area contributed by atoms with Gasteiger partial charge in [0.15, 0.2) is 11.6 Å². The van der Waals surface area contributed by atoms with Gasteiger partial charge in [0.1, 0.15) is 11.8 Å². The number of para-hydroxylation sites is 2. The predicted molar refractivity (Wildman–Crippen MR) is 104 cm³/mol. The van der Waals surface area contributed by atoms with Gasteiger partial charge >= 0.3 is 0 Å². The van der Waals surface area contributed by atoms with Crippen molar-refractivity contribution in [3.63, 3.8) is 0 Å². The average Bonchev–Trinajstić information content (AvgIpc) is 3.30. The zero-order valence-electron chi connectivity index (χ0n) is 15.7. The van der Waals surface area contributed by atoms with E-state index in [1.165, 1.54) is 0 Å². The Labute approximate surface area is 157 Å². The summed E-state index contributed by atoms with van der Waals surface area (Å²) in [5, 5.41) is 13.9. The van der Waals surface area contributed by atoms with E-state index in [9.17, 15) is 5.26 Å². The summed E-state index contributed by atoms with van der Waals surface area (Å²) in [6.07, 6.45) is 1.88. The van der Waals surface area contributed by atoms with Crippen LogP contribution in [0, 0.1) is 32.1 Å². The van der Waals surface area contributed by atoms with Crippen molar-refractivity contribution in [3.8, 4) is 11.9 Å². The van der Waals surface area contributed by atoms with Gasteiger partial charge in [0.05, 0.1) is 16.6 Å². The Morgan fingerprint density at radius 2 is 1.96 bits per heavy atom. The van der Waals surface area contributed by atoms with Gasteiger partial charge in [0.25, 0.3) is 0 Å². The van der Waals surface area contributed by atoms with Crippen molar-refractivity contribution in [2.45, 2.75) is 20.8 Å². The van der Waals surface area contributed by atoms with E-state index in [0.717, 1.165) is 39.6 Å². The van der Waals surface area contributed by atoms with E-state index in [4.69, 9.17) is 4.52 Å². The molecule has 0 amide bonds. The third-order valence-corrected chi connectivity index (χ3v) is 4.76. The molecule has 0 saturated heterocycles. The van der Waals surface area contributed by atoms with Crippen molar-refractivity contribution in [1.82, 2.24) is 19.3 Å². The second kappa shape index (κ2) is 6.29. The lowest BCUT2D eigenvalue weighted by molar-refractivity contribution is 0.394. The van der Waals surface area contributed by atoms with Gasteiger partial charge in [-0.15, -0.1) is 0 Å². The molecule has 4 rings (SSSR count). The molecule has 0 fully saturated rings. The number of benzene rings is 1. The molecule has 0 radical (unpaired) electrons. The number of imidazole rings is 1. The van der Waals surface area contributed by atoms with Crippen LogP contribution in [0.1, 0.15) is 28.5 Å². The molecule has 0 saturated carbocycles. The van der Waals surface area contributed by atoms with Crippen LogP contribution in [-0.4, -0.2) is 19.3 Å². The molecule has 0 aliphatic heterocycles. The molecule has 3 heterocycles. The van der Waals surface area contributed by atoms with Gasteiger partial charge in [0, 0.05) is 24.5 Å². The van der Waals surface area contributed by atoms with Crippen molar-refractivity contribution in [2.24, 2.45) is 7.05 Å². The van der Waals surface area contributed by atoms with Gasteiger partial charge in [-0.25, -0.2) is 4.98 Å². The first-order chi connectivity index (χ1) is 13.0. The van der Waals surface area contributed by atoms with Crippen LogP contribution in [0.2, 0.25) is 0 Å². The number of rotatable bonds is 3. The summed E-state index contributed by atoms with van der Waals surface area (Å²) < 4.78 is 9.18.